The van der Waals surface area contributed by atoms with E-state index in [1.54, 1.807) is 23.5 Å². The van der Waals surface area contributed by atoms with Gasteiger partial charge in [0.25, 0.3) is 5.91 Å². The molecule has 2 aliphatic rings. The number of aromatic nitrogens is 1. The molecule has 1 unspecified atom stereocenters. The number of nitriles is 1. The maximum absolute atomic E-state index is 12.5. The monoisotopic (exact) mass is 524 g/mol. The molecule has 1 saturated heterocycles. The number of thiazole rings is 1. The molecule has 2 aromatic rings. The van der Waals surface area contributed by atoms with Crippen molar-refractivity contribution in [2.45, 2.75) is 44.7 Å². The Kier molecular flexibility index (Phi) is 8.41. The highest BCUT2D eigenvalue weighted by molar-refractivity contribution is 7.09. The lowest BCUT2D eigenvalue weighted by Gasteiger charge is -2.32. The molecule has 0 bridgehead atoms. The smallest absolute Gasteiger partial charge is 0.407 e. The van der Waals surface area contributed by atoms with Gasteiger partial charge in [-0.25, -0.2) is 9.78 Å². The first-order valence-electron chi connectivity index (χ1n) is 12.5. The number of carbonyl (C=O) groups is 3. The lowest BCUT2D eigenvalue weighted by Crippen LogP contribution is -2.47. The third-order valence-electron chi connectivity index (χ3n) is 6.80. The summed E-state index contributed by atoms with van der Waals surface area (Å²) in [5.41, 5.74) is 1.70. The van der Waals surface area contributed by atoms with E-state index in [1.807, 2.05) is 24.4 Å². The second kappa shape index (κ2) is 11.7. The van der Waals surface area contributed by atoms with Crippen LogP contribution in [0.15, 0.2) is 29.6 Å². The van der Waals surface area contributed by atoms with Gasteiger partial charge in [-0.15, -0.1) is 11.3 Å². The second-order valence-corrected chi connectivity index (χ2v) is 10.8. The number of carboxylic acid groups (broad SMARTS) is 1. The van der Waals surface area contributed by atoms with Gasteiger partial charge in [-0.05, 0) is 37.3 Å². The molecule has 196 valence electrons. The SMILES string of the molecule is CC(CCNC(=O)c1ccc(-c2csc(CN3CCN(C(=O)O)CC3)n2)cc1)CC(=O)NC1(C#N)CC1. The van der Waals surface area contributed by atoms with E-state index in [0.29, 0.717) is 57.7 Å². The van der Waals surface area contributed by atoms with E-state index in [9.17, 15) is 14.4 Å². The van der Waals surface area contributed by atoms with Gasteiger partial charge >= 0.3 is 6.09 Å². The van der Waals surface area contributed by atoms with Crippen LogP contribution >= 0.6 is 11.3 Å². The van der Waals surface area contributed by atoms with Gasteiger partial charge in [0.05, 0.1) is 18.3 Å². The maximum Gasteiger partial charge on any atom is 0.407 e. The van der Waals surface area contributed by atoms with Gasteiger partial charge in [0, 0.05) is 55.7 Å². The number of piperazine rings is 1. The molecule has 1 atom stereocenters. The molecule has 1 aromatic heterocycles. The number of hydrogen-bond donors (Lipinski definition) is 3. The Bertz CT molecular complexity index is 1160. The van der Waals surface area contributed by atoms with Crippen molar-refractivity contribution in [1.29, 1.82) is 5.26 Å². The van der Waals surface area contributed by atoms with Crippen molar-refractivity contribution in [3.8, 4) is 17.3 Å². The summed E-state index contributed by atoms with van der Waals surface area (Å²) in [6.45, 7) is 5.53. The minimum Gasteiger partial charge on any atom is -0.465 e. The third kappa shape index (κ3) is 7.27. The highest BCUT2D eigenvalue weighted by Gasteiger charge is 2.44. The molecule has 0 radical (unpaired) electrons. The van der Waals surface area contributed by atoms with Gasteiger partial charge in [-0.2, -0.15) is 5.26 Å². The fraction of sp³-hybridized carbons (Fsp3) is 0.500. The van der Waals surface area contributed by atoms with Crippen molar-refractivity contribution in [3.05, 3.63) is 40.2 Å². The number of carbonyl (C=O) groups excluding carboxylic acids is 2. The summed E-state index contributed by atoms with van der Waals surface area (Å²) < 4.78 is 0. The van der Waals surface area contributed by atoms with Crippen LogP contribution in [0.2, 0.25) is 0 Å². The molecule has 37 heavy (non-hydrogen) atoms. The maximum atomic E-state index is 12.5. The summed E-state index contributed by atoms with van der Waals surface area (Å²) in [6, 6.07) is 9.49. The van der Waals surface area contributed by atoms with Crippen molar-refractivity contribution in [1.82, 2.24) is 25.4 Å². The van der Waals surface area contributed by atoms with Crippen LogP contribution in [-0.2, 0) is 11.3 Å². The Labute approximate surface area is 220 Å². The van der Waals surface area contributed by atoms with E-state index in [0.717, 1.165) is 29.1 Å². The molecular formula is C26H32N6O4S. The zero-order valence-electron chi connectivity index (χ0n) is 20.9. The summed E-state index contributed by atoms with van der Waals surface area (Å²) in [5.74, 6) is -0.180. The third-order valence-corrected chi connectivity index (χ3v) is 7.63. The lowest BCUT2D eigenvalue weighted by molar-refractivity contribution is -0.122. The summed E-state index contributed by atoms with van der Waals surface area (Å²) in [7, 11) is 0. The van der Waals surface area contributed by atoms with E-state index in [1.165, 1.54) is 4.90 Å². The van der Waals surface area contributed by atoms with Gasteiger partial charge in [0.1, 0.15) is 10.5 Å². The number of amides is 3. The van der Waals surface area contributed by atoms with Crippen LogP contribution in [-0.4, -0.2) is 76.1 Å². The van der Waals surface area contributed by atoms with Crippen LogP contribution in [0, 0.1) is 17.2 Å². The molecular weight excluding hydrogens is 492 g/mol. The van der Waals surface area contributed by atoms with Gasteiger partial charge in [0.2, 0.25) is 5.91 Å². The summed E-state index contributed by atoms with van der Waals surface area (Å²) in [4.78, 5) is 44.1. The number of nitrogens with zero attached hydrogens (tertiary/aromatic N) is 4. The number of hydrogen-bond acceptors (Lipinski definition) is 7. The molecule has 2 fully saturated rings. The second-order valence-electron chi connectivity index (χ2n) is 9.85. The molecule has 1 saturated carbocycles. The predicted molar refractivity (Wildman–Crippen MR) is 139 cm³/mol. The van der Waals surface area contributed by atoms with E-state index in [-0.39, 0.29) is 17.7 Å². The number of rotatable bonds is 10. The molecule has 3 N–H and O–H groups in total. The van der Waals surface area contributed by atoms with Crippen LogP contribution in [0.5, 0.6) is 0 Å². The van der Waals surface area contributed by atoms with Crippen molar-refractivity contribution >= 4 is 29.2 Å². The lowest BCUT2D eigenvalue weighted by atomic mass is 10.0. The predicted octanol–water partition coefficient (Wildman–Crippen LogP) is 2.92. The molecule has 3 amide bonds. The standard InChI is InChI=1S/C26H32N6O4S/c1-18(14-22(33)30-26(17-27)7-8-26)6-9-28-24(34)20-4-2-19(3-5-20)21-16-37-23(29-21)15-31-10-12-32(13-11-31)25(35)36/h2-5,16,18H,6-15H2,1H3,(H,28,34)(H,30,33)(H,35,36). The first kappa shape index (κ1) is 26.6. The van der Waals surface area contributed by atoms with E-state index >= 15 is 0 Å². The van der Waals surface area contributed by atoms with Crippen LogP contribution in [0.1, 0.15) is 48.0 Å². The van der Waals surface area contributed by atoms with Crippen molar-refractivity contribution < 1.29 is 19.5 Å². The zero-order chi connectivity index (χ0) is 26.4. The van der Waals surface area contributed by atoms with Gasteiger partial charge in [-0.3, -0.25) is 14.5 Å². The first-order valence-corrected chi connectivity index (χ1v) is 13.4. The van der Waals surface area contributed by atoms with Gasteiger partial charge in [0.15, 0.2) is 0 Å². The van der Waals surface area contributed by atoms with Crippen LogP contribution < -0.4 is 10.6 Å². The number of benzene rings is 1. The molecule has 0 spiro atoms. The van der Waals surface area contributed by atoms with Crippen molar-refractivity contribution in [3.63, 3.8) is 0 Å². The fourth-order valence-electron chi connectivity index (χ4n) is 4.26. The Morgan fingerprint density at radius 1 is 1.19 bits per heavy atom. The van der Waals surface area contributed by atoms with E-state index < -0.39 is 11.6 Å². The van der Waals surface area contributed by atoms with Crippen LogP contribution in [0.3, 0.4) is 0 Å². The van der Waals surface area contributed by atoms with Crippen LogP contribution in [0.4, 0.5) is 4.79 Å². The highest BCUT2D eigenvalue weighted by Crippen LogP contribution is 2.34. The minimum atomic E-state index is -0.869. The normalized spacial score (nSPS) is 17.5. The van der Waals surface area contributed by atoms with E-state index in [2.05, 4.69) is 21.6 Å². The Morgan fingerprint density at radius 3 is 2.51 bits per heavy atom. The van der Waals surface area contributed by atoms with Gasteiger partial charge < -0.3 is 20.6 Å². The summed E-state index contributed by atoms with van der Waals surface area (Å²) >= 11 is 1.57. The summed E-state index contributed by atoms with van der Waals surface area (Å²) in [5, 5.41) is 26.9. The molecule has 4 rings (SSSR count). The Hall–Kier alpha value is -3.49. The number of nitrogens with one attached hydrogen (secondary N) is 2. The molecule has 1 aliphatic heterocycles. The largest absolute Gasteiger partial charge is 0.465 e. The minimum absolute atomic E-state index is 0.0945. The topological polar surface area (TPSA) is 139 Å². The Balaban J connectivity index is 1.19. The zero-order valence-corrected chi connectivity index (χ0v) is 21.7. The van der Waals surface area contributed by atoms with Crippen molar-refractivity contribution in [2.75, 3.05) is 32.7 Å². The molecule has 1 aromatic carbocycles. The van der Waals surface area contributed by atoms with Crippen LogP contribution in [0.25, 0.3) is 11.3 Å². The van der Waals surface area contributed by atoms with Crippen molar-refractivity contribution in [2.24, 2.45) is 5.92 Å². The van der Waals surface area contributed by atoms with Gasteiger partial charge in [-0.1, -0.05) is 19.1 Å². The summed E-state index contributed by atoms with van der Waals surface area (Å²) in [6.07, 6.45) is 1.57. The Morgan fingerprint density at radius 2 is 1.89 bits per heavy atom. The highest BCUT2D eigenvalue weighted by atomic mass is 32.1. The average Bonchev–Trinajstić information content (AvgIpc) is 3.50. The molecule has 1 aliphatic carbocycles. The molecule has 10 nitrogen and oxygen atoms in total. The van der Waals surface area contributed by atoms with E-state index in [4.69, 9.17) is 15.4 Å². The molecule has 11 heteroatoms. The fourth-order valence-corrected chi connectivity index (χ4v) is 5.10. The molecule has 2 heterocycles. The average molecular weight is 525 g/mol. The quantitative estimate of drug-likeness (QED) is 0.434. The first-order chi connectivity index (χ1) is 17.8.